The van der Waals surface area contributed by atoms with Crippen LogP contribution in [0.4, 0.5) is 5.82 Å². The van der Waals surface area contributed by atoms with E-state index in [1.54, 1.807) is 0 Å². The zero-order valence-electron chi connectivity index (χ0n) is 12.9. The topological polar surface area (TPSA) is 50.7 Å². The Kier molecular flexibility index (Phi) is 4.67. The summed E-state index contributed by atoms with van der Waals surface area (Å²) in [5, 5.41) is 0. The maximum atomic E-state index is 5.72. The highest BCUT2D eigenvalue weighted by Crippen LogP contribution is 2.17. The first-order valence-corrected chi connectivity index (χ1v) is 7.69. The summed E-state index contributed by atoms with van der Waals surface area (Å²) in [6, 6.07) is 0. The van der Waals surface area contributed by atoms with Gasteiger partial charge in [-0.05, 0) is 13.8 Å². The molecule has 6 heteroatoms. The molecule has 2 fully saturated rings. The Morgan fingerprint density at radius 1 is 1.19 bits per heavy atom. The average molecular weight is 292 g/mol. The van der Waals surface area contributed by atoms with Crippen LogP contribution in [0.3, 0.4) is 0 Å². The number of nitrogens with zero attached hydrogens (tertiary/aromatic N) is 4. The summed E-state index contributed by atoms with van der Waals surface area (Å²) in [5.41, 5.74) is 1.99. The van der Waals surface area contributed by atoms with Gasteiger partial charge in [-0.15, -0.1) is 0 Å². The summed E-state index contributed by atoms with van der Waals surface area (Å²) in [6.07, 6.45) is 2.06. The van der Waals surface area contributed by atoms with Crippen molar-refractivity contribution in [2.24, 2.45) is 0 Å². The lowest BCUT2D eigenvalue weighted by Gasteiger charge is -2.37. The second kappa shape index (κ2) is 6.68. The molecule has 0 radical (unpaired) electrons. The van der Waals surface area contributed by atoms with Gasteiger partial charge in [-0.1, -0.05) is 0 Å². The van der Waals surface area contributed by atoms with Gasteiger partial charge in [0.2, 0.25) is 0 Å². The van der Waals surface area contributed by atoms with Crippen LogP contribution in [0.5, 0.6) is 0 Å². The Bertz CT molecular complexity index is 469. The summed E-state index contributed by atoms with van der Waals surface area (Å²) in [7, 11) is 0. The van der Waals surface area contributed by atoms with Gasteiger partial charge < -0.3 is 14.4 Å². The summed E-state index contributed by atoms with van der Waals surface area (Å²) >= 11 is 0. The van der Waals surface area contributed by atoms with E-state index in [9.17, 15) is 0 Å². The zero-order valence-corrected chi connectivity index (χ0v) is 12.9. The van der Waals surface area contributed by atoms with Crippen molar-refractivity contribution in [3.63, 3.8) is 0 Å². The fraction of sp³-hybridized carbons (Fsp3) is 0.733. The van der Waals surface area contributed by atoms with Crippen molar-refractivity contribution in [3.8, 4) is 0 Å². The number of hydrogen-bond donors (Lipinski definition) is 0. The molecule has 0 aliphatic carbocycles. The molecule has 21 heavy (non-hydrogen) atoms. The number of aromatic nitrogens is 2. The van der Waals surface area contributed by atoms with Crippen LogP contribution >= 0.6 is 0 Å². The Balaban J connectivity index is 1.53. The van der Waals surface area contributed by atoms with Gasteiger partial charge in [-0.3, -0.25) is 9.88 Å². The molecule has 0 bridgehead atoms. The minimum Gasteiger partial charge on any atom is -0.376 e. The predicted octanol–water partition coefficient (Wildman–Crippen LogP) is 0.631. The number of ether oxygens (including phenoxy) is 2. The first kappa shape index (κ1) is 14.7. The Hall–Kier alpha value is -1.24. The summed E-state index contributed by atoms with van der Waals surface area (Å²) in [5.74, 6) is 1.03. The Morgan fingerprint density at radius 2 is 2.00 bits per heavy atom. The third kappa shape index (κ3) is 3.70. The van der Waals surface area contributed by atoms with Gasteiger partial charge in [0.15, 0.2) is 0 Å². The van der Waals surface area contributed by atoms with Crippen LogP contribution in [-0.4, -0.2) is 73.5 Å². The minimum atomic E-state index is 0.228. The van der Waals surface area contributed by atoms with E-state index >= 15 is 0 Å². The van der Waals surface area contributed by atoms with Crippen molar-refractivity contribution < 1.29 is 9.47 Å². The minimum absolute atomic E-state index is 0.228. The molecule has 1 atom stereocenters. The molecule has 0 unspecified atom stereocenters. The van der Waals surface area contributed by atoms with Crippen molar-refractivity contribution in [2.75, 3.05) is 57.4 Å². The molecule has 6 nitrogen and oxygen atoms in total. The monoisotopic (exact) mass is 292 g/mol. The lowest BCUT2D eigenvalue weighted by atomic mass is 10.2. The largest absolute Gasteiger partial charge is 0.376 e. The zero-order chi connectivity index (χ0) is 14.7. The molecule has 2 saturated heterocycles. The number of piperazine rings is 1. The molecule has 3 rings (SSSR count). The molecule has 0 N–H and O–H groups in total. The quantitative estimate of drug-likeness (QED) is 0.814. The second-order valence-electron chi connectivity index (χ2n) is 5.78. The van der Waals surface area contributed by atoms with Gasteiger partial charge in [0.05, 0.1) is 37.3 Å². The Labute approximate surface area is 126 Å². The molecular formula is C15H24N4O2. The molecule has 1 aromatic rings. The van der Waals surface area contributed by atoms with Crippen LogP contribution in [0.15, 0.2) is 6.20 Å². The van der Waals surface area contributed by atoms with Gasteiger partial charge in [-0.2, -0.15) is 0 Å². The van der Waals surface area contributed by atoms with E-state index in [0.717, 1.165) is 69.8 Å². The van der Waals surface area contributed by atoms with Crippen molar-refractivity contribution in [2.45, 2.75) is 20.0 Å². The van der Waals surface area contributed by atoms with Gasteiger partial charge in [0.25, 0.3) is 0 Å². The highest BCUT2D eigenvalue weighted by Gasteiger charge is 2.23. The SMILES string of the molecule is Cc1cnc(C)c(N2CCN(C[C@@H]3COCCO3)CC2)n1. The highest BCUT2D eigenvalue weighted by molar-refractivity contribution is 5.43. The molecule has 3 heterocycles. The second-order valence-corrected chi connectivity index (χ2v) is 5.78. The van der Waals surface area contributed by atoms with Crippen molar-refractivity contribution in [3.05, 3.63) is 17.6 Å². The van der Waals surface area contributed by atoms with Crippen molar-refractivity contribution >= 4 is 5.82 Å². The van der Waals surface area contributed by atoms with Gasteiger partial charge >= 0.3 is 0 Å². The normalized spacial score (nSPS) is 24.3. The van der Waals surface area contributed by atoms with Gasteiger partial charge in [0, 0.05) is 38.9 Å². The van der Waals surface area contributed by atoms with E-state index in [4.69, 9.17) is 9.47 Å². The van der Waals surface area contributed by atoms with Crippen LogP contribution in [0.2, 0.25) is 0 Å². The van der Waals surface area contributed by atoms with Crippen LogP contribution in [0.1, 0.15) is 11.4 Å². The summed E-state index contributed by atoms with van der Waals surface area (Å²) < 4.78 is 11.2. The van der Waals surface area contributed by atoms with E-state index in [1.807, 2.05) is 20.0 Å². The number of hydrogen-bond acceptors (Lipinski definition) is 6. The van der Waals surface area contributed by atoms with E-state index in [0.29, 0.717) is 0 Å². The van der Waals surface area contributed by atoms with Crippen LogP contribution in [-0.2, 0) is 9.47 Å². The Morgan fingerprint density at radius 3 is 2.71 bits per heavy atom. The van der Waals surface area contributed by atoms with Crippen LogP contribution < -0.4 is 4.90 Å². The fourth-order valence-electron chi connectivity index (χ4n) is 2.90. The predicted molar refractivity (Wildman–Crippen MR) is 80.7 cm³/mol. The van der Waals surface area contributed by atoms with E-state index in [1.165, 1.54) is 0 Å². The number of aryl methyl sites for hydroxylation is 2. The molecule has 2 aliphatic heterocycles. The van der Waals surface area contributed by atoms with Crippen LogP contribution in [0, 0.1) is 13.8 Å². The van der Waals surface area contributed by atoms with E-state index in [-0.39, 0.29) is 6.10 Å². The lowest BCUT2D eigenvalue weighted by Crippen LogP contribution is -2.50. The molecule has 0 saturated carbocycles. The molecule has 1 aromatic heterocycles. The standard InChI is InChI=1S/C15H24N4O2/c1-12-9-16-13(2)15(17-12)19-5-3-18(4-6-19)10-14-11-20-7-8-21-14/h9,14H,3-8,10-11H2,1-2H3/t14-/m1/s1. The summed E-state index contributed by atoms with van der Waals surface area (Å²) in [4.78, 5) is 13.8. The molecule has 116 valence electrons. The molecule has 0 amide bonds. The maximum absolute atomic E-state index is 5.72. The van der Waals surface area contributed by atoms with Crippen LogP contribution in [0.25, 0.3) is 0 Å². The molecule has 0 spiro atoms. The maximum Gasteiger partial charge on any atom is 0.150 e. The van der Waals surface area contributed by atoms with Gasteiger partial charge in [0.1, 0.15) is 5.82 Å². The highest BCUT2D eigenvalue weighted by atomic mass is 16.6. The number of rotatable bonds is 3. The fourth-order valence-corrected chi connectivity index (χ4v) is 2.90. The van der Waals surface area contributed by atoms with Crippen molar-refractivity contribution in [1.29, 1.82) is 0 Å². The average Bonchev–Trinajstić information content (AvgIpc) is 2.52. The first-order valence-electron chi connectivity index (χ1n) is 7.69. The summed E-state index contributed by atoms with van der Waals surface area (Å²) in [6.45, 7) is 11.2. The van der Waals surface area contributed by atoms with Gasteiger partial charge in [-0.25, -0.2) is 4.98 Å². The number of anilines is 1. The lowest BCUT2D eigenvalue weighted by molar-refractivity contribution is -0.0977. The third-order valence-corrected chi connectivity index (χ3v) is 4.07. The van der Waals surface area contributed by atoms with Crippen molar-refractivity contribution in [1.82, 2.24) is 14.9 Å². The molecule has 0 aromatic carbocycles. The van der Waals surface area contributed by atoms with E-state index in [2.05, 4.69) is 19.8 Å². The molecular weight excluding hydrogens is 268 g/mol. The first-order chi connectivity index (χ1) is 10.2. The molecule has 2 aliphatic rings. The smallest absolute Gasteiger partial charge is 0.150 e. The third-order valence-electron chi connectivity index (χ3n) is 4.07. The van der Waals surface area contributed by atoms with E-state index < -0.39 is 0 Å².